The highest BCUT2D eigenvalue weighted by Gasteiger charge is 2.31. The molecular weight excluding hydrogens is 259 g/mol. The summed E-state index contributed by atoms with van der Waals surface area (Å²) in [6, 6.07) is 5.92. The molecule has 1 rings (SSSR count). The van der Waals surface area contributed by atoms with E-state index in [-0.39, 0.29) is 12.3 Å². The molecule has 4 nitrogen and oxygen atoms in total. The number of nitrogens with one attached hydrogen (secondary N) is 2. The van der Waals surface area contributed by atoms with Crippen LogP contribution in [-0.4, -0.2) is 19.5 Å². The van der Waals surface area contributed by atoms with Gasteiger partial charge in [0, 0.05) is 25.2 Å². The normalized spacial score (nSPS) is 10.9. The first kappa shape index (κ1) is 15.2. The fourth-order valence-electron chi connectivity index (χ4n) is 1.36. The number of alkyl halides is 3. The van der Waals surface area contributed by atoms with Crippen LogP contribution >= 0.6 is 0 Å². The zero-order valence-corrected chi connectivity index (χ0v) is 10.3. The number of para-hydroxylation sites is 1. The van der Waals surface area contributed by atoms with Gasteiger partial charge in [-0.05, 0) is 6.07 Å². The fraction of sp³-hybridized carbons (Fsp3) is 0.333. The van der Waals surface area contributed by atoms with Crippen LogP contribution in [-0.2, 0) is 6.54 Å². The molecule has 0 spiro atoms. The third kappa shape index (κ3) is 6.01. The molecule has 0 aromatic heterocycles. The summed E-state index contributed by atoms with van der Waals surface area (Å²) in [5.41, 5.74) is 5.69. The predicted octanol–water partition coefficient (Wildman–Crippen LogP) is 1.69. The average Bonchev–Trinajstić information content (AvgIpc) is 2.33. The molecule has 0 unspecified atom stereocenters. The van der Waals surface area contributed by atoms with E-state index >= 15 is 0 Å². The van der Waals surface area contributed by atoms with Gasteiger partial charge < -0.3 is 21.1 Å². The molecule has 106 valence electrons. The van der Waals surface area contributed by atoms with Crippen LogP contribution in [0.25, 0.3) is 0 Å². The largest absolute Gasteiger partial charge is 0.573 e. The SMILES string of the molecule is C=C(NCCN)NCc1ccccc1OC(F)(F)F. The van der Waals surface area contributed by atoms with Gasteiger partial charge in [0.15, 0.2) is 0 Å². The molecule has 0 amide bonds. The lowest BCUT2D eigenvalue weighted by molar-refractivity contribution is -0.274. The second-order valence-corrected chi connectivity index (χ2v) is 3.70. The van der Waals surface area contributed by atoms with Crippen molar-refractivity contribution in [3.05, 3.63) is 42.2 Å². The molecule has 1 aromatic carbocycles. The molecule has 0 aliphatic carbocycles. The Morgan fingerprint density at radius 1 is 1.26 bits per heavy atom. The number of halogens is 3. The van der Waals surface area contributed by atoms with Gasteiger partial charge in [-0.25, -0.2) is 0 Å². The Labute approximate surface area is 109 Å². The summed E-state index contributed by atoms with van der Waals surface area (Å²) in [5.74, 6) is 0.265. The van der Waals surface area contributed by atoms with Gasteiger partial charge in [0.1, 0.15) is 5.75 Å². The molecule has 4 N–H and O–H groups in total. The number of nitrogens with two attached hydrogens (primary N) is 1. The summed E-state index contributed by atoms with van der Waals surface area (Å²) in [6.45, 7) is 4.81. The van der Waals surface area contributed by atoms with Crippen molar-refractivity contribution in [2.75, 3.05) is 13.1 Å². The first-order valence-corrected chi connectivity index (χ1v) is 5.63. The standard InChI is InChI=1S/C12H16F3N3O/c1-9(17-7-6-16)18-8-10-4-2-3-5-11(10)19-12(13,14)15/h2-5,17-18H,1,6-8,16H2. The Morgan fingerprint density at radius 2 is 1.95 bits per heavy atom. The Kier molecular flexibility index (Phi) is 5.50. The van der Waals surface area contributed by atoms with Crippen LogP contribution in [0.2, 0.25) is 0 Å². The van der Waals surface area contributed by atoms with Crippen molar-refractivity contribution in [2.45, 2.75) is 12.9 Å². The predicted molar refractivity (Wildman–Crippen MR) is 66.2 cm³/mol. The molecule has 0 heterocycles. The Balaban J connectivity index is 2.60. The van der Waals surface area contributed by atoms with Crippen LogP contribution in [0.15, 0.2) is 36.7 Å². The summed E-state index contributed by atoms with van der Waals surface area (Å²) >= 11 is 0. The van der Waals surface area contributed by atoms with Crippen LogP contribution < -0.4 is 21.1 Å². The second kappa shape index (κ2) is 6.89. The van der Waals surface area contributed by atoms with E-state index in [2.05, 4.69) is 21.9 Å². The highest BCUT2D eigenvalue weighted by atomic mass is 19.4. The molecule has 0 radical (unpaired) electrons. The van der Waals surface area contributed by atoms with E-state index in [1.54, 1.807) is 12.1 Å². The minimum Gasteiger partial charge on any atom is -0.405 e. The molecular formula is C12H16F3N3O. The lowest BCUT2D eigenvalue weighted by Crippen LogP contribution is -2.29. The first-order valence-electron chi connectivity index (χ1n) is 5.63. The maximum absolute atomic E-state index is 12.2. The van der Waals surface area contributed by atoms with Crippen LogP contribution in [0.5, 0.6) is 5.75 Å². The zero-order chi connectivity index (χ0) is 14.3. The molecule has 7 heteroatoms. The van der Waals surface area contributed by atoms with Gasteiger partial charge in [0.05, 0.1) is 5.82 Å². The highest BCUT2D eigenvalue weighted by molar-refractivity contribution is 5.33. The molecule has 19 heavy (non-hydrogen) atoms. The van der Waals surface area contributed by atoms with E-state index in [0.29, 0.717) is 24.5 Å². The van der Waals surface area contributed by atoms with Gasteiger partial charge in [-0.3, -0.25) is 0 Å². The number of benzene rings is 1. The summed E-state index contributed by atoms with van der Waals surface area (Å²) < 4.78 is 40.5. The Bertz CT molecular complexity index is 421. The van der Waals surface area contributed by atoms with Crippen molar-refractivity contribution in [3.63, 3.8) is 0 Å². The number of hydrogen-bond acceptors (Lipinski definition) is 4. The molecule has 0 atom stereocenters. The van der Waals surface area contributed by atoms with E-state index in [1.807, 2.05) is 0 Å². The van der Waals surface area contributed by atoms with E-state index < -0.39 is 6.36 Å². The molecule has 1 aromatic rings. The van der Waals surface area contributed by atoms with Crippen molar-refractivity contribution >= 4 is 0 Å². The van der Waals surface area contributed by atoms with Crippen molar-refractivity contribution in [1.29, 1.82) is 0 Å². The Hall–Kier alpha value is -1.89. The topological polar surface area (TPSA) is 59.3 Å². The molecule has 0 saturated carbocycles. The van der Waals surface area contributed by atoms with E-state index in [1.165, 1.54) is 12.1 Å². The van der Waals surface area contributed by atoms with Gasteiger partial charge >= 0.3 is 6.36 Å². The summed E-state index contributed by atoms with van der Waals surface area (Å²) in [7, 11) is 0. The minimum absolute atomic E-state index is 0.169. The van der Waals surface area contributed by atoms with Crippen LogP contribution in [0.1, 0.15) is 5.56 Å². The minimum atomic E-state index is -4.70. The van der Waals surface area contributed by atoms with Crippen molar-refractivity contribution in [1.82, 2.24) is 10.6 Å². The average molecular weight is 275 g/mol. The maximum Gasteiger partial charge on any atom is 0.573 e. The van der Waals surface area contributed by atoms with Crippen molar-refractivity contribution in [2.24, 2.45) is 5.73 Å². The van der Waals surface area contributed by atoms with Gasteiger partial charge in [-0.1, -0.05) is 24.8 Å². The quantitative estimate of drug-likeness (QED) is 0.709. The van der Waals surface area contributed by atoms with Gasteiger partial charge in [-0.2, -0.15) is 0 Å². The Morgan fingerprint density at radius 3 is 2.58 bits per heavy atom. The molecule has 0 fully saturated rings. The van der Waals surface area contributed by atoms with Crippen LogP contribution in [0.3, 0.4) is 0 Å². The van der Waals surface area contributed by atoms with Gasteiger partial charge in [-0.15, -0.1) is 13.2 Å². The number of rotatable bonds is 7. The third-order valence-corrected chi connectivity index (χ3v) is 2.17. The number of ether oxygens (including phenoxy) is 1. The lowest BCUT2D eigenvalue weighted by atomic mass is 10.2. The van der Waals surface area contributed by atoms with Crippen molar-refractivity contribution in [3.8, 4) is 5.75 Å². The summed E-state index contributed by atoms with van der Waals surface area (Å²) in [6.07, 6.45) is -4.70. The van der Waals surface area contributed by atoms with Crippen molar-refractivity contribution < 1.29 is 17.9 Å². The van der Waals surface area contributed by atoms with Gasteiger partial charge in [0.25, 0.3) is 0 Å². The fourth-order valence-corrected chi connectivity index (χ4v) is 1.36. The zero-order valence-electron chi connectivity index (χ0n) is 10.3. The maximum atomic E-state index is 12.2. The van der Waals surface area contributed by atoms with E-state index in [9.17, 15) is 13.2 Å². The second-order valence-electron chi connectivity index (χ2n) is 3.70. The van der Waals surface area contributed by atoms with E-state index in [4.69, 9.17) is 5.73 Å². The third-order valence-electron chi connectivity index (χ3n) is 2.17. The van der Waals surface area contributed by atoms with Crippen LogP contribution in [0, 0.1) is 0 Å². The monoisotopic (exact) mass is 275 g/mol. The molecule has 0 aliphatic heterocycles. The first-order chi connectivity index (χ1) is 8.92. The lowest BCUT2D eigenvalue weighted by Gasteiger charge is -2.15. The van der Waals surface area contributed by atoms with E-state index in [0.717, 1.165) is 0 Å². The van der Waals surface area contributed by atoms with Crippen LogP contribution in [0.4, 0.5) is 13.2 Å². The summed E-state index contributed by atoms with van der Waals surface area (Å²) in [5, 5.41) is 5.73. The molecule has 0 bridgehead atoms. The summed E-state index contributed by atoms with van der Waals surface area (Å²) in [4.78, 5) is 0. The molecule has 0 aliphatic rings. The smallest absolute Gasteiger partial charge is 0.405 e. The number of hydrogen-bond donors (Lipinski definition) is 3. The molecule has 0 saturated heterocycles. The highest BCUT2D eigenvalue weighted by Crippen LogP contribution is 2.26. The van der Waals surface area contributed by atoms with Gasteiger partial charge in [0.2, 0.25) is 0 Å².